The molecule has 1 saturated heterocycles. The molecular weight excluding hydrogens is 248 g/mol. The number of likely N-dealkylation sites (tertiary alicyclic amines) is 1. The van der Waals surface area contributed by atoms with E-state index < -0.39 is 5.54 Å². The average molecular weight is 275 g/mol. The van der Waals surface area contributed by atoms with Gasteiger partial charge in [0.15, 0.2) is 0 Å². The van der Waals surface area contributed by atoms with Gasteiger partial charge in [-0.3, -0.25) is 4.79 Å². The van der Waals surface area contributed by atoms with Gasteiger partial charge in [-0.1, -0.05) is 26.7 Å². The monoisotopic (exact) mass is 274 g/mol. The molecule has 2 N–H and O–H groups in total. The summed E-state index contributed by atoms with van der Waals surface area (Å²) in [5, 5.41) is 0. The zero-order valence-electron chi connectivity index (χ0n) is 11.7. The SMILES string of the molecule is CC(C)CC1CCN(C(=O)C2(N)CCCC2)C1.Cl. The fraction of sp³-hybridized carbons (Fsp3) is 0.929. The molecule has 1 unspecified atom stereocenters. The summed E-state index contributed by atoms with van der Waals surface area (Å²) in [4.78, 5) is 14.4. The van der Waals surface area contributed by atoms with E-state index in [9.17, 15) is 4.79 Å². The summed E-state index contributed by atoms with van der Waals surface area (Å²) in [5.74, 6) is 1.65. The second-order valence-electron chi connectivity index (χ2n) is 6.40. The highest BCUT2D eigenvalue weighted by molar-refractivity contribution is 5.86. The number of amides is 1. The highest BCUT2D eigenvalue weighted by Gasteiger charge is 2.41. The first-order valence-corrected chi connectivity index (χ1v) is 7.09. The Morgan fingerprint density at radius 2 is 2.00 bits per heavy atom. The molecule has 2 fully saturated rings. The highest BCUT2D eigenvalue weighted by atomic mass is 35.5. The minimum Gasteiger partial charge on any atom is -0.341 e. The third kappa shape index (κ3) is 3.39. The van der Waals surface area contributed by atoms with E-state index >= 15 is 0 Å². The largest absolute Gasteiger partial charge is 0.341 e. The van der Waals surface area contributed by atoms with Crippen molar-refractivity contribution in [3.63, 3.8) is 0 Å². The number of hydrogen-bond acceptors (Lipinski definition) is 2. The van der Waals surface area contributed by atoms with Crippen molar-refractivity contribution in [2.24, 2.45) is 17.6 Å². The quantitative estimate of drug-likeness (QED) is 0.860. The maximum atomic E-state index is 12.4. The van der Waals surface area contributed by atoms with Crippen LogP contribution in [0.25, 0.3) is 0 Å². The molecule has 0 aromatic rings. The van der Waals surface area contributed by atoms with Crippen molar-refractivity contribution in [1.82, 2.24) is 4.90 Å². The molecule has 0 aromatic carbocycles. The lowest BCUT2D eigenvalue weighted by atomic mass is 9.96. The number of hydrogen-bond donors (Lipinski definition) is 1. The summed E-state index contributed by atoms with van der Waals surface area (Å²) in [6.07, 6.45) is 6.41. The molecule has 0 aromatic heterocycles. The predicted molar refractivity (Wildman–Crippen MR) is 76.8 cm³/mol. The van der Waals surface area contributed by atoms with Gasteiger partial charge in [0.05, 0.1) is 5.54 Å². The summed E-state index contributed by atoms with van der Waals surface area (Å²) in [6, 6.07) is 0. The van der Waals surface area contributed by atoms with E-state index in [1.807, 2.05) is 4.90 Å². The maximum Gasteiger partial charge on any atom is 0.242 e. The Bertz CT molecular complexity index is 288. The van der Waals surface area contributed by atoms with Crippen molar-refractivity contribution in [2.75, 3.05) is 13.1 Å². The van der Waals surface area contributed by atoms with Gasteiger partial charge in [-0.25, -0.2) is 0 Å². The zero-order valence-corrected chi connectivity index (χ0v) is 12.5. The van der Waals surface area contributed by atoms with Gasteiger partial charge < -0.3 is 10.6 Å². The highest BCUT2D eigenvalue weighted by Crippen LogP contribution is 2.32. The molecule has 18 heavy (non-hydrogen) atoms. The summed E-state index contributed by atoms with van der Waals surface area (Å²) in [6.45, 7) is 6.38. The second-order valence-corrected chi connectivity index (χ2v) is 6.40. The number of nitrogens with two attached hydrogens (primary N) is 1. The Morgan fingerprint density at radius 3 is 2.56 bits per heavy atom. The van der Waals surface area contributed by atoms with Gasteiger partial charge in [-0.2, -0.15) is 0 Å². The van der Waals surface area contributed by atoms with Crippen LogP contribution in [0.3, 0.4) is 0 Å². The van der Waals surface area contributed by atoms with Crippen LogP contribution in [0.4, 0.5) is 0 Å². The lowest BCUT2D eigenvalue weighted by molar-refractivity contribution is -0.135. The van der Waals surface area contributed by atoms with Gasteiger partial charge in [0.1, 0.15) is 0 Å². The Labute approximate surface area is 117 Å². The number of rotatable bonds is 3. The first-order chi connectivity index (χ1) is 8.01. The molecule has 1 aliphatic carbocycles. The van der Waals surface area contributed by atoms with Gasteiger partial charge in [0, 0.05) is 13.1 Å². The number of carbonyl (C=O) groups excluding carboxylic acids is 1. The van der Waals surface area contributed by atoms with Gasteiger partial charge >= 0.3 is 0 Å². The molecule has 2 aliphatic rings. The summed E-state index contributed by atoms with van der Waals surface area (Å²) in [7, 11) is 0. The van der Waals surface area contributed by atoms with Crippen molar-refractivity contribution in [1.29, 1.82) is 0 Å². The third-order valence-electron chi connectivity index (χ3n) is 4.30. The summed E-state index contributed by atoms with van der Waals surface area (Å²) >= 11 is 0. The molecule has 0 spiro atoms. The molecule has 2 rings (SSSR count). The van der Waals surface area contributed by atoms with Gasteiger partial charge in [-0.05, 0) is 37.5 Å². The van der Waals surface area contributed by atoms with Crippen molar-refractivity contribution in [3.8, 4) is 0 Å². The predicted octanol–water partition coefficient (Wildman–Crippen LogP) is 2.57. The van der Waals surface area contributed by atoms with Gasteiger partial charge in [0.2, 0.25) is 5.91 Å². The molecular formula is C14H27ClN2O. The fourth-order valence-electron chi connectivity index (χ4n) is 3.41. The third-order valence-corrected chi connectivity index (χ3v) is 4.30. The lowest BCUT2D eigenvalue weighted by Gasteiger charge is -2.28. The first kappa shape index (κ1) is 15.8. The van der Waals surface area contributed by atoms with Crippen LogP contribution in [0.5, 0.6) is 0 Å². The van der Waals surface area contributed by atoms with Crippen LogP contribution in [0.15, 0.2) is 0 Å². The number of halogens is 1. The van der Waals surface area contributed by atoms with Crippen LogP contribution in [0.1, 0.15) is 52.4 Å². The van der Waals surface area contributed by atoms with Crippen LogP contribution in [0, 0.1) is 11.8 Å². The topological polar surface area (TPSA) is 46.3 Å². The van der Waals surface area contributed by atoms with Crippen LogP contribution in [-0.2, 0) is 4.79 Å². The Kier molecular flexibility index (Phi) is 5.47. The van der Waals surface area contributed by atoms with Crippen LogP contribution < -0.4 is 5.73 Å². The van der Waals surface area contributed by atoms with Crippen molar-refractivity contribution in [2.45, 2.75) is 57.9 Å². The molecule has 0 radical (unpaired) electrons. The Hall–Kier alpha value is -0.280. The second kappa shape index (κ2) is 6.25. The smallest absolute Gasteiger partial charge is 0.242 e. The molecule has 0 bridgehead atoms. The van der Waals surface area contributed by atoms with Crippen LogP contribution in [0.2, 0.25) is 0 Å². The molecule has 1 saturated carbocycles. The Balaban J connectivity index is 0.00000162. The van der Waals surface area contributed by atoms with Gasteiger partial charge in [-0.15, -0.1) is 12.4 Å². The standard InChI is InChI=1S/C14H26N2O.ClH/c1-11(2)9-12-5-8-16(10-12)13(17)14(15)6-3-4-7-14;/h11-12H,3-10,15H2,1-2H3;1H. The maximum absolute atomic E-state index is 12.4. The molecule has 1 amide bonds. The number of nitrogens with zero attached hydrogens (tertiary/aromatic N) is 1. The van der Waals surface area contributed by atoms with Crippen molar-refractivity contribution >= 4 is 18.3 Å². The fourth-order valence-corrected chi connectivity index (χ4v) is 3.41. The average Bonchev–Trinajstić information content (AvgIpc) is 2.86. The molecule has 1 heterocycles. The molecule has 1 atom stereocenters. The summed E-state index contributed by atoms with van der Waals surface area (Å²) < 4.78 is 0. The van der Waals surface area contributed by atoms with Gasteiger partial charge in [0.25, 0.3) is 0 Å². The first-order valence-electron chi connectivity index (χ1n) is 7.09. The zero-order chi connectivity index (χ0) is 12.5. The molecule has 4 heteroatoms. The number of carbonyl (C=O) groups is 1. The van der Waals surface area contributed by atoms with Crippen LogP contribution in [-0.4, -0.2) is 29.4 Å². The van der Waals surface area contributed by atoms with E-state index in [4.69, 9.17) is 5.73 Å². The molecule has 1 aliphatic heterocycles. The van der Waals surface area contributed by atoms with E-state index in [0.29, 0.717) is 5.92 Å². The lowest BCUT2D eigenvalue weighted by Crippen LogP contribution is -2.52. The van der Waals surface area contributed by atoms with E-state index in [1.165, 1.54) is 12.8 Å². The van der Waals surface area contributed by atoms with Crippen molar-refractivity contribution in [3.05, 3.63) is 0 Å². The van der Waals surface area contributed by atoms with E-state index in [2.05, 4.69) is 13.8 Å². The Morgan fingerprint density at radius 1 is 1.39 bits per heavy atom. The molecule has 106 valence electrons. The van der Waals surface area contributed by atoms with E-state index in [1.54, 1.807) is 0 Å². The molecule has 3 nitrogen and oxygen atoms in total. The minimum atomic E-state index is -0.521. The van der Waals surface area contributed by atoms with E-state index in [-0.39, 0.29) is 18.3 Å². The minimum absolute atomic E-state index is 0. The normalized spacial score (nSPS) is 26.4. The summed E-state index contributed by atoms with van der Waals surface area (Å²) in [5.41, 5.74) is 5.72. The van der Waals surface area contributed by atoms with Crippen molar-refractivity contribution < 1.29 is 4.79 Å². The van der Waals surface area contributed by atoms with E-state index in [0.717, 1.165) is 44.7 Å². The van der Waals surface area contributed by atoms with Crippen LogP contribution >= 0.6 is 12.4 Å².